The van der Waals surface area contributed by atoms with Crippen LogP contribution in [0.5, 0.6) is 5.75 Å². The average molecular weight is 506 g/mol. The number of hydrogen-bond donors (Lipinski definition) is 1. The molecule has 0 aliphatic rings. The summed E-state index contributed by atoms with van der Waals surface area (Å²) in [6.45, 7) is 1.91. The van der Waals surface area contributed by atoms with E-state index >= 15 is 0 Å². The van der Waals surface area contributed by atoms with E-state index in [0.717, 1.165) is 15.6 Å². The number of carbonyl (C=O) groups excluding carboxylic acids is 1. The molecule has 0 radical (unpaired) electrons. The lowest BCUT2D eigenvalue weighted by molar-refractivity contribution is -0.119. The molecule has 3 aromatic rings. The molecule has 0 atom stereocenters. The molecule has 3 rings (SSSR count). The topological polar surface area (TPSA) is 88.1 Å². The first-order chi connectivity index (χ1) is 15.8. The maximum absolute atomic E-state index is 13.3. The third-order valence-electron chi connectivity index (χ3n) is 4.39. The number of sulfonamides is 1. The van der Waals surface area contributed by atoms with Crippen LogP contribution < -0.4 is 14.5 Å². The molecular weight excluding hydrogens is 485 g/mol. The van der Waals surface area contributed by atoms with Crippen molar-refractivity contribution in [1.29, 1.82) is 0 Å². The van der Waals surface area contributed by atoms with Crippen LogP contribution in [0.4, 0.5) is 5.69 Å². The van der Waals surface area contributed by atoms with Gasteiger partial charge in [-0.3, -0.25) is 9.10 Å². The SMILES string of the molecule is CCOc1ccc(/C=N\NC(=O)CN(c2ccc(Cl)cc2Cl)S(=O)(=O)c2ccccc2)cc1. The largest absolute Gasteiger partial charge is 0.494 e. The lowest BCUT2D eigenvalue weighted by Crippen LogP contribution is -2.39. The van der Waals surface area contributed by atoms with Crippen molar-refractivity contribution in [1.82, 2.24) is 5.43 Å². The molecule has 10 heteroatoms. The van der Waals surface area contributed by atoms with Crippen LogP contribution in [0.15, 0.2) is 82.8 Å². The van der Waals surface area contributed by atoms with Crippen LogP contribution in [-0.4, -0.2) is 33.7 Å². The normalized spacial score (nSPS) is 11.4. The van der Waals surface area contributed by atoms with Crippen LogP contribution in [0.1, 0.15) is 12.5 Å². The van der Waals surface area contributed by atoms with E-state index in [4.69, 9.17) is 27.9 Å². The van der Waals surface area contributed by atoms with E-state index in [1.165, 1.54) is 36.5 Å². The first kappa shape index (κ1) is 24.6. The number of ether oxygens (including phenoxy) is 1. The van der Waals surface area contributed by atoms with Gasteiger partial charge in [-0.2, -0.15) is 5.10 Å². The number of carbonyl (C=O) groups is 1. The van der Waals surface area contributed by atoms with Gasteiger partial charge in [0.1, 0.15) is 12.3 Å². The summed E-state index contributed by atoms with van der Waals surface area (Å²) in [5.74, 6) is 0.0722. The van der Waals surface area contributed by atoms with Crippen molar-refractivity contribution in [2.24, 2.45) is 5.10 Å². The zero-order chi connectivity index (χ0) is 23.8. The Kier molecular flexibility index (Phi) is 8.32. The molecule has 0 bridgehead atoms. The lowest BCUT2D eigenvalue weighted by atomic mass is 10.2. The predicted molar refractivity (Wildman–Crippen MR) is 131 cm³/mol. The van der Waals surface area contributed by atoms with Crippen molar-refractivity contribution < 1.29 is 17.9 Å². The van der Waals surface area contributed by atoms with Crippen LogP contribution >= 0.6 is 23.2 Å². The molecule has 1 amide bonds. The second kappa shape index (κ2) is 11.2. The minimum absolute atomic E-state index is 0.0155. The number of halogens is 2. The Labute approximate surface area is 202 Å². The minimum Gasteiger partial charge on any atom is -0.494 e. The monoisotopic (exact) mass is 505 g/mol. The fourth-order valence-corrected chi connectivity index (χ4v) is 4.89. The van der Waals surface area contributed by atoms with E-state index < -0.39 is 22.5 Å². The smallest absolute Gasteiger partial charge is 0.264 e. The van der Waals surface area contributed by atoms with Crippen molar-refractivity contribution in [2.45, 2.75) is 11.8 Å². The van der Waals surface area contributed by atoms with Crippen molar-refractivity contribution >= 4 is 51.0 Å². The van der Waals surface area contributed by atoms with E-state index in [2.05, 4.69) is 10.5 Å². The molecular formula is C23H21Cl2N3O4S. The van der Waals surface area contributed by atoms with Gasteiger partial charge in [0, 0.05) is 5.02 Å². The number of benzene rings is 3. The van der Waals surface area contributed by atoms with Crippen LogP contribution in [0.25, 0.3) is 0 Å². The van der Waals surface area contributed by atoms with Crippen molar-refractivity contribution in [3.05, 3.63) is 88.4 Å². The zero-order valence-electron chi connectivity index (χ0n) is 17.6. The Bertz CT molecular complexity index is 1230. The Morgan fingerprint density at radius 1 is 1.06 bits per heavy atom. The molecule has 0 aromatic heterocycles. The number of anilines is 1. The van der Waals surface area contributed by atoms with E-state index in [0.29, 0.717) is 11.6 Å². The summed E-state index contributed by atoms with van der Waals surface area (Å²) in [5, 5.41) is 4.34. The fourth-order valence-electron chi connectivity index (χ4n) is 2.86. The molecule has 0 fully saturated rings. The van der Waals surface area contributed by atoms with Gasteiger partial charge < -0.3 is 4.74 Å². The van der Waals surface area contributed by atoms with E-state index in [9.17, 15) is 13.2 Å². The summed E-state index contributed by atoms with van der Waals surface area (Å²) >= 11 is 12.2. The van der Waals surface area contributed by atoms with Gasteiger partial charge in [-0.25, -0.2) is 13.8 Å². The molecule has 33 heavy (non-hydrogen) atoms. The third kappa shape index (κ3) is 6.47. The van der Waals surface area contributed by atoms with Crippen molar-refractivity contribution in [3.63, 3.8) is 0 Å². The molecule has 0 aliphatic heterocycles. The second-order valence-corrected chi connectivity index (χ2v) is 9.42. The summed E-state index contributed by atoms with van der Waals surface area (Å²) in [4.78, 5) is 12.6. The van der Waals surface area contributed by atoms with Gasteiger partial charge >= 0.3 is 0 Å². The molecule has 1 N–H and O–H groups in total. The van der Waals surface area contributed by atoms with Crippen molar-refractivity contribution in [2.75, 3.05) is 17.5 Å². The number of nitrogens with one attached hydrogen (secondary N) is 1. The second-order valence-electron chi connectivity index (χ2n) is 6.72. The average Bonchev–Trinajstić information content (AvgIpc) is 2.80. The lowest BCUT2D eigenvalue weighted by Gasteiger charge is -2.24. The minimum atomic E-state index is -4.09. The first-order valence-electron chi connectivity index (χ1n) is 9.89. The quantitative estimate of drug-likeness (QED) is 0.336. The van der Waals surface area contributed by atoms with Crippen molar-refractivity contribution in [3.8, 4) is 5.75 Å². The summed E-state index contributed by atoms with van der Waals surface area (Å²) in [6.07, 6.45) is 1.44. The molecule has 172 valence electrons. The number of hydrogen-bond acceptors (Lipinski definition) is 5. The maximum Gasteiger partial charge on any atom is 0.264 e. The Balaban J connectivity index is 1.80. The highest BCUT2D eigenvalue weighted by Crippen LogP contribution is 2.32. The predicted octanol–water partition coefficient (Wildman–Crippen LogP) is 4.74. The number of nitrogens with zero attached hydrogens (tertiary/aromatic N) is 2. The van der Waals surface area contributed by atoms with E-state index in [1.807, 2.05) is 6.92 Å². The van der Waals surface area contributed by atoms with Gasteiger partial charge in [0.05, 0.1) is 28.4 Å². The van der Waals surface area contributed by atoms with Crippen LogP contribution in [0, 0.1) is 0 Å². The van der Waals surface area contributed by atoms with Gasteiger partial charge in [0.15, 0.2) is 0 Å². The van der Waals surface area contributed by atoms with Gasteiger partial charge in [-0.15, -0.1) is 0 Å². The molecule has 0 saturated heterocycles. The Hall–Kier alpha value is -3.07. The van der Waals surface area contributed by atoms with Gasteiger partial charge in [0.2, 0.25) is 0 Å². The molecule has 0 aliphatic carbocycles. The maximum atomic E-state index is 13.3. The van der Waals surface area contributed by atoms with Crippen LogP contribution in [-0.2, 0) is 14.8 Å². The molecule has 3 aromatic carbocycles. The van der Waals surface area contributed by atoms with Crippen LogP contribution in [0.3, 0.4) is 0 Å². The van der Waals surface area contributed by atoms with Gasteiger partial charge in [-0.1, -0.05) is 41.4 Å². The number of hydrazone groups is 1. The highest BCUT2D eigenvalue weighted by molar-refractivity contribution is 7.92. The Morgan fingerprint density at radius 2 is 1.76 bits per heavy atom. The summed E-state index contributed by atoms with van der Waals surface area (Å²) in [6, 6.07) is 19.2. The van der Waals surface area contributed by atoms with Gasteiger partial charge in [0.25, 0.3) is 15.9 Å². The number of amides is 1. The zero-order valence-corrected chi connectivity index (χ0v) is 19.9. The molecule has 0 spiro atoms. The highest BCUT2D eigenvalue weighted by atomic mass is 35.5. The number of rotatable bonds is 9. The van der Waals surface area contributed by atoms with E-state index in [-0.39, 0.29) is 15.6 Å². The summed E-state index contributed by atoms with van der Waals surface area (Å²) in [5.41, 5.74) is 3.20. The van der Waals surface area contributed by atoms with E-state index in [1.54, 1.807) is 42.5 Å². The van der Waals surface area contributed by atoms with Crippen LogP contribution in [0.2, 0.25) is 10.0 Å². The summed E-state index contributed by atoms with van der Waals surface area (Å²) in [7, 11) is -4.09. The third-order valence-corrected chi connectivity index (χ3v) is 6.70. The summed E-state index contributed by atoms with van der Waals surface area (Å²) < 4.78 is 32.9. The molecule has 0 heterocycles. The molecule has 7 nitrogen and oxygen atoms in total. The highest BCUT2D eigenvalue weighted by Gasteiger charge is 2.28. The molecule has 0 saturated carbocycles. The fraction of sp³-hybridized carbons (Fsp3) is 0.130. The standard InChI is InChI=1S/C23H21Cl2N3O4S/c1-2-32-19-11-8-17(9-12-19)15-26-27-23(29)16-28(22-13-10-18(24)14-21(22)25)33(30,31)20-6-4-3-5-7-20/h3-15H,2,16H2,1H3,(H,27,29)/b26-15-. The first-order valence-corrected chi connectivity index (χ1v) is 12.1. The Morgan fingerprint density at radius 3 is 2.39 bits per heavy atom. The van der Waals surface area contributed by atoms with Gasteiger partial charge in [-0.05, 0) is 67.1 Å². The molecule has 0 unspecified atom stereocenters.